The van der Waals surface area contributed by atoms with E-state index >= 15 is 0 Å². The molecule has 17 heavy (non-hydrogen) atoms. The van der Waals surface area contributed by atoms with Crippen molar-refractivity contribution in [2.45, 2.75) is 11.7 Å². The molecule has 0 heterocycles. The van der Waals surface area contributed by atoms with Crippen molar-refractivity contribution in [3.63, 3.8) is 0 Å². The molecule has 0 saturated carbocycles. The fraction of sp³-hybridized carbons (Fsp3) is 0.333. The number of allylic oxidation sites excluding steroid dienone is 2. The molecule has 2 amide bonds. The number of sulfonamides is 1. The molecule has 0 spiro atoms. The molecule has 7 nitrogen and oxygen atoms in total. The zero-order valence-electron chi connectivity index (χ0n) is 8.95. The number of nitrogens with two attached hydrogens (primary N) is 1. The molecule has 0 aromatic heterocycles. The van der Waals surface area contributed by atoms with Crippen LogP contribution in [0.15, 0.2) is 24.3 Å². The number of amides is 2. The van der Waals surface area contributed by atoms with Crippen molar-refractivity contribution in [1.82, 2.24) is 4.72 Å². The second-order valence-corrected chi connectivity index (χ2v) is 5.80. The quantitative estimate of drug-likeness (QED) is 0.634. The van der Waals surface area contributed by atoms with Gasteiger partial charge in [-0.3, -0.25) is 4.79 Å². The first-order chi connectivity index (χ1) is 7.71. The smallest absolute Gasteiger partial charge is 0.325 e. The summed E-state index contributed by atoms with van der Waals surface area (Å²) in [7, 11) is -4.22. The van der Waals surface area contributed by atoms with Crippen LogP contribution in [-0.2, 0) is 14.8 Å². The number of rotatable bonds is 3. The summed E-state index contributed by atoms with van der Waals surface area (Å²) in [5, 5.41) is 8.98. The number of hydrogen-bond acceptors (Lipinski definition) is 4. The van der Waals surface area contributed by atoms with E-state index in [9.17, 15) is 18.0 Å². The SMILES string of the molecule is CC1(S(=O)(=O)NC(N)=O)C=CC=CC1C(=O)O. The Morgan fingerprint density at radius 3 is 2.47 bits per heavy atom. The highest BCUT2D eigenvalue weighted by molar-refractivity contribution is 7.91. The summed E-state index contributed by atoms with van der Waals surface area (Å²) >= 11 is 0. The average molecular weight is 260 g/mol. The van der Waals surface area contributed by atoms with Crippen LogP contribution in [0.3, 0.4) is 0 Å². The minimum atomic E-state index is -4.22. The minimum Gasteiger partial charge on any atom is -0.481 e. The molecule has 0 aromatic carbocycles. The number of nitrogens with one attached hydrogen (secondary N) is 1. The number of carboxylic acid groups (broad SMARTS) is 1. The number of carboxylic acids is 1. The van der Waals surface area contributed by atoms with Crippen molar-refractivity contribution in [2.75, 3.05) is 0 Å². The van der Waals surface area contributed by atoms with Crippen molar-refractivity contribution in [1.29, 1.82) is 0 Å². The van der Waals surface area contributed by atoms with Gasteiger partial charge >= 0.3 is 12.0 Å². The van der Waals surface area contributed by atoms with Crippen LogP contribution in [-0.4, -0.2) is 30.3 Å². The lowest BCUT2D eigenvalue weighted by Gasteiger charge is -2.31. The highest BCUT2D eigenvalue weighted by atomic mass is 32.2. The van der Waals surface area contributed by atoms with Crippen molar-refractivity contribution >= 4 is 22.0 Å². The molecule has 8 heteroatoms. The molecule has 0 aliphatic heterocycles. The maximum Gasteiger partial charge on any atom is 0.325 e. The largest absolute Gasteiger partial charge is 0.481 e. The Labute approximate surface area is 98.0 Å². The third-order valence-corrected chi connectivity index (χ3v) is 4.56. The summed E-state index contributed by atoms with van der Waals surface area (Å²) in [5.41, 5.74) is 4.75. The summed E-state index contributed by atoms with van der Waals surface area (Å²) in [5.74, 6) is -2.59. The van der Waals surface area contributed by atoms with Crippen molar-refractivity contribution in [2.24, 2.45) is 11.7 Å². The Morgan fingerprint density at radius 1 is 1.41 bits per heavy atom. The monoisotopic (exact) mass is 260 g/mol. The molecule has 0 radical (unpaired) electrons. The lowest BCUT2D eigenvalue weighted by molar-refractivity contribution is -0.140. The maximum absolute atomic E-state index is 11.9. The zero-order valence-corrected chi connectivity index (χ0v) is 9.77. The molecule has 2 unspecified atom stereocenters. The van der Waals surface area contributed by atoms with Gasteiger partial charge in [-0.1, -0.05) is 24.3 Å². The second-order valence-electron chi connectivity index (χ2n) is 3.71. The Morgan fingerprint density at radius 2 is 2.00 bits per heavy atom. The van der Waals surface area contributed by atoms with Crippen LogP contribution in [0.25, 0.3) is 0 Å². The summed E-state index contributed by atoms with van der Waals surface area (Å²) in [4.78, 5) is 21.6. The Balaban J connectivity index is 3.24. The van der Waals surface area contributed by atoms with Crippen LogP contribution in [0.2, 0.25) is 0 Å². The van der Waals surface area contributed by atoms with Crippen LogP contribution >= 0.6 is 0 Å². The summed E-state index contributed by atoms with van der Waals surface area (Å²) in [6.45, 7) is 1.21. The Hall–Kier alpha value is -1.83. The normalized spacial score (nSPS) is 27.7. The van der Waals surface area contributed by atoms with Gasteiger partial charge in [-0.15, -0.1) is 0 Å². The number of carbonyl (C=O) groups excluding carboxylic acids is 1. The van der Waals surface area contributed by atoms with E-state index in [0.717, 1.165) is 0 Å². The van der Waals surface area contributed by atoms with E-state index in [4.69, 9.17) is 10.8 Å². The summed E-state index contributed by atoms with van der Waals surface area (Å²) in [6.07, 6.45) is 5.28. The Bertz CT molecular complexity index is 507. The van der Waals surface area contributed by atoms with Crippen molar-refractivity contribution in [3.05, 3.63) is 24.3 Å². The number of hydrogen-bond donors (Lipinski definition) is 3. The van der Waals surface area contributed by atoms with Crippen molar-refractivity contribution < 1.29 is 23.1 Å². The molecule has 1 aliphatic carbocycles. The highest BCUT2D eigenvalue weighted by Gasteiger charge is 2.48. The van der Waals surface area contributed by atoms with Gasteiger partial charge in [0.15, 0.2) is 0 Å². The van der Waals surface area contributed by atoms with E-state index in [-0.39, 0.29) is 0 Å². The van der Waals surface area contributed by atoms with Gasteiger partial charge in [-0.25, -0.2) is 17.9 Å². The minimum absolute atomic E-state index is 1.21. The van der Waals surface area contributed by atoms with E-state index in [1.807, 2.05) is 0 Å². The van der Waals surface area contributed by atoms with Crippen LogP contribution in [0.1, 0.15) is 6.92 Å². The molecule has 1 rings (SSSR count). The van der Waals surface area contributed by atoms with Gasteiger partial charge in [0.2, 0.25) is 10.0 Å². The third-order valence-electron chi connectivity index (χ3n) is 2.54. The van der Waals surface area contributed by atoms with Crippen LogP contribution < -0.4 is 10.5 Å². The molecular weight excluding hydrogens is 248 g/mol. The third kappa shape index (κ3) is 2.31. The maximum atomic E-state index is 11.9. The van der Waals surface area contributed by atoms with Gasteiger partial charge < -0.3 is 10.8 Å². The number of carbonyl (C=O) groups is 2. The van der Waals surface area contributed by atoms with E-state index in [1.54, 1.807) is 4.72 Å². The fourth-order valence-electron chi connectivity index (χ4n) is 1.54. The van der Waals surface area contributed by atoms with Crippen LogP contribution in [0.5, 0.6) is 0 Å². The van der Waals surface area contributed by atoms with Crippen LogP contribution in [0, 0.1) is 5.92 Å². The van der Waals surface area contributed by atoms with E-state index in [0.29, 0.717) is 0 Å². The van der Waals surface area contributed by atoms with Crippen molar-refractivity contribution in [3.8, 4) is 0 Å². The fourth-order valence-corrected chi connectivity index (χ4v) is 2.80. The average Bonchev–Trinajstić information content (AvgIpc) is 2.15. The van der Waals surface area contributed by atoms with Gasteiger partial charge in [-0.2, -0.15) is 0 Å². The first-order valence-electron chi connectivity index (χ1n) is 4.61. The molecular formula is C9H12N2O5S. The van der Waals surface area contributed by atoms with E-state index in [2.05, 4.69) is 0 Å². The molecule has 0 aromatic rings. The zero-order chi connectivity index (χ0) is 13.3. The molecule has 4 N–H and O–H groups in total. The predicted octanol–water partition coefficient (Wildman–Crippen LogP) is -0.430. The molecule has 0 fully saturated rings. The van der Waals surface area contributed by atoms with Crippen LogP contribution in [0.4, 0.5) is 4.79 Å². The summed E-state index contributed by atoms with van der Waals surface area (Å²) in [6, 6.07) is -1.25. The molecule has 94 valence electrons. The van der Waals surface area contributed by atoms with E-state index in [1.165, 1.54) is 31.2 Å². The number of primary amides is 1. The first-order valence-corrected chi connectivity index (χ1v) is 6.09. The van der Waals surface area contributed by atoms with Gasteiger partial charge in [-0.05, 0) is 6.92 Å². The lowest BCUT2D eigenvalue weighted by atomic mass is 9.89. The molecule has 2 atom stereocenters. The molecule has 1 aliphatic rings. The molecule has 0 saturated heterocycles. The molecule has 0 bridgehead atoms. The second kappa shape index (κ2) is 4.21. The number of urea groups is 1. The van der Waals surface area contributed by atoms with Gasteiger partial charge in [0.25, 0.3) is 0 Å². The van der Waals surface area contributed by atoms with E-state index < -0.39 is 32.7 Å². The lowest BCUT2D eigenvalue weighted by Crippen LogP contribution is -2.53. The number of aliphatic carboxylic acids is 1. The topological polar surface area (TPSA) is 127 Å². The van der Waals surface area contributed by atoms with Gasteiger partial charge in [0, 0.05) is 0 Å². The first kappa shape index (κ1) is 13.2. The highest BCUT2D eigenvalue weighted by Crippen LogP contribution is 2.31. The predicted molar refractivity (Wildman–Crippen MR) is 59.4 cm³/mol. The van der Waals surface area contributed by atoms with Gasteiger partial charge in [0.1, 0.15) is 4.75 Å². The standard InChI is InChI=1S/C9H12N2O5S/c1-9(17(15,16)11-8(10)14)5-3-2-4-6(9)7(12)13/h2-6H,1H3,(H,12,13)(H3,10,11,14). The Kier molecular flexibility index (Phi) is 3.28. The van der Waals surface area contributed by atoms with Gasteiger partial charge in [0.05, 0.1) is 5.92 Å². The summed E-state index contributed by atoms with van der Waals surface area (Å²) < 4.78 is 23.6.